The largest absolute Gasteiger partial charge is 0.501 e. The molecule has 17 heavy (non-hydrogen) atoms. The van der Waals surface area contributed by atoms with Gasteiger partial charge in [-0.2, -0.15) is 0 Å². The first-order valence-corrected chi connectivity index (χ1v) is 6.47. The van der Waals surface area contributed by atoms with Crippen molar-refractivity contribution in [2.24, 2.45) is 0 Å². The molecule has 2 N–H and O–H groups in total. The molecule has 0 aromatic heterocycles. The summed E-state index contributed by atoms with van der Waals surface area (Å²) in [6.07, 6.45) is 4.71. The fraction of sp³-hybridized carbons (Fsp3) is 0.250. The molecule has 1 aromatic carbocycles. The number of carbonyl (C=O) groups excluding carboxylic acids is 1. The molecule has 4 nitrogen and oxygen atoms in total. The highest BCUT2D eigenvalue weighted by Crippen LogP contribution is 2.16. The zero-order valence-electron chi connectivity index (χ0n) is 9.90. The van der Waals surface area contributed by atoms with Gasteiger partial charge in [-0.1, -0.05) is 0 Å². The van der Waals surface area contributed by atoms with Gasteiger partial charge in [-0.15, -0.1) is 11.8 Å². The van der Waals surface area contributed by atoms with Gasteiger partial charge < -0.3 is 4.74 Å². The average Bonchev–Trinajstić information content (AvgIpc) is 2.37. The Kier molecular flexibility index (Phi) is 6.03. The maximum Gasteiger partial charge on any atom is 0.265 e. The minimum atomic E-state index is -0.257. The first-order chi connectivity index (χ1) is 8.26. The highest BCUT2D eigenvalue weighted by atomic mass is 32.2. The zero-order chi connectivity index (χ0) is 12.5. The molecule has 0 saturated carbocycles. The summed E-state index contributed by atoms with van der Waals surface area (Å²) >= 11 is 1.67. The smallest absolute Gasteiger partial charge is 0.265 e. The highest BCUT2D eigenvalue weighted by Gasteiger charge is 1.95. The van der Waals surface area contributed by atoms with Crippen LogP contribution in [0.15, 0.2) is 41.5 Å². The molecule has 92 valence electrons. The Morgan fingerprint density at radius 1 is 1.41 bits per heavy atom. The van der Waals surface area contributed by atoms with Gasteiger partial charge in [0.2, 0.25) is 0 Å². The van der Waals surface area contributed by atoms with Crippen molar-refractivity contribution in [2.75, 3.05) is 18.3 Å². The van der Waals surface area contributed by atoms with E-state index in [-0.39, 0.29) is 5.91 Å². The lowest BCUT2D eigenvalue weighted by Gasteiger charge is -2.06. The molecule has 0 heterocycles. The van der Waals surface area contributed by atoms with Crippen molar-refractivity contribution in [2.45, 2.75) is 11.8 Å². The van der Waals surface area contributed by atoms with Crippen LogP contribution in [0.4, 0.5) is 5.69 Å². The van der Waals surface area contributed by atoms with Crippen LogP contribution in [-0.4, -0.2) is 18.8 Å². The summed E-state index contributed by atoms with van der Waals surface area (Å²) in [4.78, 5) is 12.4. The molecular formula is C12H16N2O2S. The number of hydrogen-bond acceptors (Lipinski definition) is 4. The van der Waals surface area contributed by atoms with E-state index in [1.807, 2.05) is 37.4 Å². The minimum Gasteiger partial charge on any atom is -0.501 e. The van der Waals surface area contributed by atoms with Gasteiger partial charge in [0.25, 0.3) is 5.91 Å². The first-order valence-electron chi connectivity index (χ1n) is 5.24. The quantitative estimate of drug-likeness (QED) is 0.353. The summed E-state index contributed by atoms with van der Waals surface area (Å²) in [7, 11) is 0. The molecule has 0 unspecified atom stereocenters. The van der Waals surface area contributed by atoms with E-state index in [1.165, 1.54) is 17.2 Å². The first kappa shape index (κ1) is 13.4. The van der Waals surface area contributed by atoms with Crippen molar-refractivity contribution in [1.82, 2.24) is 5.43 Å². The number of hydrogen-bond donors (Lipinski definition) is 2. The summed E-state index contributed by atoms with van der Waals surface area (Å²) in [6, 6.07) is 7.77. The Bertz CT molecular complexity index is 377. The van der Waals surface area contributed by atoms with E-state index < -0.39 is 0 Å². The van der Waals surface area contributed by atoms with Crippen LogP contribution >= 0.6 is 11.8 Å². The molecule has 1 aromatic rings. The van der Waals surface area contributed by atoms with Crippen LogP contribution in [-0.2, 0) is 9.53 Å². The average molecular weight is 252 g/mol. The summed E-state index contributed by atoms with van der Waals surface area (Å²) in [5.74, 6) is -0.257. The SMILES string of the molecule is CCOC=CC(=O)NNc1ccc(SC)cc1. The van der Waals surface area contributed by atoms with Crippen molar-refractivity contribution in [3.05, 3.63) is 36.6 Å². The topological polar surface area (TPSA) is 50.4 Å². The molecule has 5 heteroatoms. The zero-order valence-corrected chi connectivity index (χ0v) is 10.7. The van der Waals surface area contributed by atoms with E-state index in [2.05, 4.69) is 10.9 Å². The number of benzene rings is 1. The number of hydrazine groups is 1. The van der Waals surface area contributed by atoms with Gasteiger partial charge in [-0.05, 0) is 37.4 Å². The Balaban J connectivity index is 2.36. The number of anilines is 1. The van der Waals surface area contributed by atoms with Crippen LogP contribution < -0.4 is 10.9 Å². The van der Waals surface area contributed by atoms with E-state index in [0.29, 0.717) is 6.61 Å². The lowest BCUT2D eigenvalue weighted by atomic mass is 10.3. The van der Waals surface area contributed by atoms with Gasteiger partial charge in [0, 0.05) is 11.0 Å². The Hall–Kier alpha value is -1.62. The number of thioether (sulfide) groups is 1. The third-order valence-corrected chi connectivity index (χ3v) is 2.65. The molecule has 0 saturated heterocycles. The lowest BCUT2D eigenvalue weighted by Crippen LogP contribution is -2.27. The van der Waals surface area contributed by atoms with Crippen molar-refractivity contribution < 1.29 is 9.53 Å². The Morgan fingerprint density at radius 3 is 2.71 bits per heavy atom. The second-order valence-electron chi connectivity index (χ2n) is 3.10. The fourth-order valence-corrected chi connectivity index (χ4v) is 1.46. The molecule has 0 aliphatic heterocycles. The third kappa shape index (κ3) is 5.31. The predicted molar refractivity (Wildman–Crippen MR) is 70.8 cm³/mol. The summed E-state index contributed by atoms with van der Waals surface area (Å²) < 4.78 is 4.91. The van der Waals surface area contributed by atoms with Gasteiger partial charge in [-0.3, -0.25) is 15.6 Å². The van der Waals surface area contributed by atoms with Gasteiger partial charge >= 0.3 is 0 Å². The van der Waals surface area contributed by atoms with E-state index in [4.69, 9.17) is 4.74 Å². The monoisotopic (exact) mass is 252 g/mol. The maximum atomic E-state index is 11.3. The number of amides is 1. The highest BCUT2D eigenvalue weighted by molar-refractivity contribution is 7.98. The number of nitrogens with one attached hydrogen (secondary N) is 2. The van der Waals surface area contributed by atoms with Gasteiger partial charge in [0.05, 0.1) is 18.6 Å². The molecular weight excluding hydrogens is 236 g/mol. The predicted octanol–water partition coefficient (Wildman–Crippen LogP) is 2.40. The summed E-state index contributed by atoms with van der Waals surface area (Å²) in [5, 5.41) is 0. The molecule has 1 rings (SSSR count). The van der Waals surface area contributed by atoms with Gasteiger partial charge in [-0.25, -0.2) is 0 Å². The number of rotatable bonds is 6. The molecule has 0 aliphatic rings. The van der Waals surface area contributed by atoms with E-state index in [9.17, 15) is 4.79 Å². The normalized spacial score (nSPS) is 10.2. The van der Waals surface area contributed by atoms with Crippen molar-refractivity contribution in [1.29, 1.82) is 0 Å². The Labute approximate surface area is 105 Å². The number of ether oxygens (including phenoxy) is 1. The van der Waals surface area contributed by atoms with E-state index in [0.717, 1.165) is 5.69 Å². The van der Waals surface area contributed by atoms with Gasteiger partial charge in [0.1, 0.15) is 0 Å². The molecule has 0 spiro atoms. The minimum absolute atomic E-state index is 0.257. The lowest BCUT2D eigenvalue weighted by molar-refractivity contribution is -0.116. The standard InChI is InChI=1S/C12H16N2O2S/c1-3-16-9-8-12(15)14-13-10-4-6-11(17-2)7-5-10/h4-9,13H,3H2,1-2H3,(H,14,15). The van der Waals surface area contributed by atoms with Crippen molar-refractivity contribution in [3.8, 4) is 0 Å². The molecule has 0 radical (unpaired) electrons. The summed E-state index contributed by atoms with van der Waals surface area (Å²) in [5.41, 5.74) is 6.17. The van der Waals surface area contributed by atoms with E-state index >= 15 is 0 Å². The van der Waals surface area contributed by atoms with Crippen LogP contribution in [0.25, 0.3) is 0 Å². The second-order valence-corrected chi connectivity index (χ2v) is 3.98. The van der Waals surface area contributed by atoms with Crippen LogP contribution in [0, 0.1) is 0 Å². The molecule has 0 aliphatic carbocycles. The molecule has 1 amide bonds. The van der Waals surface area contributed by atoms with Crippen LogP contribution in [0.1, 0.15) is 6.92 Å². The molecule has 0 bridgehead atoms. The van der Waals surface area contributed by atoms with E-state index in [1.54, 1.807) is 11.8 Å². The maximum absolute atomic E-state index is 11.3. The second kappa shape index (κ2) is 7.62. The van der Waals surface area contributed by atoms with Crippen molar-refractivity contribution in [3.63, 3.8) is 0 Å². The fourth-order valence-electron chi connectivity index (χ4n) is 1.06. The molecule has 0 atom stereocenters. The van der Waals surface area contributed by atoms with Crippen LogP contribution in [0.3, 0.4) is 0 Å². The molecule has 0 fully saturated rings. The van der Waals surface area contributed by atoms with Crippen LogP contribution in [0.5, 0.6) is 0 Å². The van der Waals surface area contributed by atoms with Crippen LogP contribution in [0.2, 0.25) is 0 Å². The number of carbonyl (C=O) groups is 1. The summed E-state index contributed by atoms with van der Waals surface area (Å²) in [6.45, 7) is 2.40. The van der Waals surface area contributed by atoms with Crippen molar-refractivity contribution >= 4 is 23.4 Å². The Morgan fingerprint density at radius 2 is 2.12 bits per heavy atom. The van der Waals surface area contributed by atoms with Gasteiger partial charge in [0.15, 0.2) is 0 Å². The third-order valence-electron chi connectivity index (χ3n) is 1.90.